The van der Waals surface area contributed by atoms with Crippen LogP contribution in [0.4, 0.5) is 0 Å². The number of ether oxygens (including phenoxy) is 1. The van der Waals surface area contributed by atoms with Gasteiger partial charge in [0.25, 0.3) is 0 Å². The Hall–Kier alpha value is -2.61. The van der Waals surface area contributed by atoms with Crippen LogP contribution >= 0.6 is 0 Å². The van der Waals surface area contributed by atoms with Crippen LogP contribution < -0.4 is 0 Å². The molecule has 1 aliphatic carbocycles. The first-order chi connectivity index (χ1) is 13.7. The summed E-state index contributed by atoms with van der Waals surface area (Å²) in [5, 5.41) is 0. The predicted molar refractivity (Wildman–Crippen MR) is 122 cm³/mol. The number of benzene rings is 2. The number of esters is 1. The smallest absolute Gasteiger partial charge is 0.330 e. The van der Waals surface area contributed by atoms with Crippen LogP contribution in [0, 0.1) is 0 Å². The molecule has 2 aromatic carbocycles. The van der Waals surface area contributed by atoms with Gasteiger partial charge in [-0.15, -0.1) is 0 Å². The van der Waals surface area contributed by atoms with Crippen molar-refractivity contribution in [3.8, 4) is 0 Å². The van der Waals surface area contributed by atoms with Crippen LogP contribution in [0.5, 0.6) is 0 Å². The molecule has 0 amide bonds. The highest BCUT2D eigenvalue weighted by atomic mass is 16.5. The summed E-state index contributed by atoms with van der Waals surface area (Å²) in [4.78, 5) is 11.7. The summed E-state index contributed by atoms with van der Waals surface area (Å²) in [5.74, 6) is -0.328. The number of hydrogen-bond acceptors (Lipinski definition) is 2. The Morgan fingerprint density at radius 2 is 1.69 bits per heavy atom. The van der Waals surface area contributed by atoms with E-state index in [0.29, 0.717) is 6.61 Å². The van der Waals surface area contributed by atoms with E-state index >= 15 is 0 Å². The minimum absolute atomic E-state index is 0.157. The molecular weight excluding hydrogens is 356 g/mol. The summed E-state index contributed by atoms with van der Waals surface area (Å²) in [5.41, 5.74) is 7.31. The van der Waals surface area contributed by atoms with Crippen molar-refractivity contribution < 1.29 is 9.53 Å². The van der Waals surface area contributed by atoms with Crippen molar-refractivity contribution in [1.82, 2.24) is 0 Å². The van der Waals surface area contributed by atoms with E-state index < -0.39 is 0 Å². The van der Waals surface area contributed by atoms with Crippen molar-refractivity contribution >= 4 is 17.6 Å². The number of fused-ring (bicyclic) bond motifs is 1. The van der Waals surface area contributed by atoms with E-state index in [9.17, 15) is 4.79 Å². The fourth-order valence-electron chi connectivity index (χ4n) is 4.20. The molecule has 2 nitrogen and oxygen atoms in total. The first kappa shape index (κ1) is 21.1. The lowest BCUT2D eigenvalue weighted by molar-refractivity contribution is -0.137. The molecule has 3 rings (SSSR count). The van der Waals surface area contributed by atoms with Gasteiger partial charge in [-0.25, -0.2) is 4.79 Å². The zero-order valence-corrected chi connectivity index (χ0v) is 18.3. The van der Waals surface area contributed by atoms with Gasteiger partial charge in [0, 0.05) is 6.08 Å². The summed E-state index contributed by atoms with van der Waals surface area (Å²) in [7, 11) is 0. The van der Waals surface area contributed by atoms with E-state index in [1.165, 1.54) is 30.0 Å². The van der Waals surface area contributed by atoms with Crippen LogP contribution in [-0.4, -0.2) is 12.6 Å². The molecule has 0 heterocycles. The largest absolute Gasteiger partial charge is 0.463 e. The lowest BCUT2D eigenvalue weighted by Crippen LogP contribution is -2.33. The molecule has 0 aliphatic heterocycles. The third-order valence-corrected chi connectivity index (χ3v) is 6.17. The minimum atomic E-state index is -0.328. The average molecular weight is 389 g/mol. The molecule has 0 bridgehead atoms. The van der Waals surface area contributed by atoms with Crippen molar-refractivity contribution in [1.29, 1.82) is 0 Å². The van der Waals surface area contributed by atoms with Crippen LogP contribution in [0.2, 0.25) is 0 Å². The summed E-state index contributed by atoms with van der Waals surface area (Å²) in [6, 6.07) is 14.8. The third-order valence-electron chi connectivity index (χ3n) is 6.17. The fourth-order valence-corrected chi connectivity index (χ4v) is 4.20. The molecule has 0 spiro atoms. The van der Waals surface area contributed by atoms with E-state index in [4.69, 9.17) is 4.74 Å². The highest BCUT2D eigenvalue weighted by Crippen LogP contribution is 2.46. The molecule has 0 unspecified atom stereocenters. The van der Waals surface area contributed by atoms with Gasteiger partial charge in [0.1, 0.15) is 0 Å². The maximum Gasteiger partial charge on any atom is 0.330 e. The van der Waals surface area contributed by atoms with Gasteiger partial charge >= 0.3 is 5.97 Å². The Bertz CT molecular complexity index is 960. The van der Waals surface area contributed by atoms with Gasteiger partial charge in [-0.1, -0.05) is 76.7 Å². The van der Waals surface area contributed by atoms with Gasteiger partial charge in [-0.2, -0.15) is 0 Å². The first-order valence-electron chi connectivity index (χ1n) is 10.4. The lowest BCUT2D eigenvalue weighted by Gasteiger charge is -2.42. The van der Waals surface area contributed by atoms with Gasteiger partial charge in [-0.05, 0) is 70.1 Å². The second-order valence-corrected chi connectivity index (χ2v) is 9.18. The summed E-state index contributed by atoms with van der Waals surface area (Å²) in [6.45, 7) is 15.9. The molecule has 0 fully saturated rings. The molecule has 0 saturated carbocycles. The minimum Gasteiger partial charge on any atom is -0.463 e. The lowest BCUT2D eigenvalue weighted by atomic mass is 9.63. The van der Waals surface area contributed by atoms with E-state index in [1.807, 2.05) is 24.3 Å². The quantitative estimate of drug-likeness (QED) is 0.422. The van der Waals surface area contributed by atoms with Crippen LogP contribution in [0.3, 0.4) is 0 Å². The van der Waals surface area contributed by atoms with Crippen LogP contribution in [0.1, 0.15) is 75.3 Å². The van der Waals surface area contributed by atoms with Crippen LogP contribution in [0.15, 0.2) is 55.1 Å². The molecule has 0 N–H and O–H groups in total. The molecule has 152 valence electrons. The topological polar surface area (TPSA) is 26.3 Å². The Kier molecular flexibility index (Phi) is 5.84. The molecule has 0 aromatic heterocycles. The number of rotatable bonds is 5. The Morgan fingerprint density at radius 1 is 1.03 bits per heavy atom. The van der Waals surface area contributed by atoms with Gasteiger partial charge in [-0.3, -0.25) is 0 Å². The molecule has 0 atom stereocenters. The Labute approximate surface area is 175 Å². The third kappa shape index (κ3) is 4.37. The summed E-state index contributed by atoms with van der Waals surface area (Å²) in [6.07, 6.45) is 5.68. The van der Waals surface area contributed by atoms with Crippen LogP contribution in [-0.2, 0) is 20.4 Å². The molecule has 0 radical (unpaired) electrons. The number of carbonyl (C=O) groups is 1. The van der Waals surface area contributed by atoms with E-state index in [2.05, 4.69) is 58.5 Å². The highest BCUT2D eigenvalue weighted by Gasteiger charge is 2.37. The van der Waals surface area contributed by atoms with Gasteiger partial charge < -0.3 is 4.74 Å². The highest BCUT2D eigenvalue weighted by molar-refractivity contribution is 5.90. The van der Waals surface area contributed by atoms with Crippen molar-refractivity contribution in [2.24, 2.45) is 0 Å². The van der Waals surface area contributed by atoms with Crippen molar-refractivity contribution in [2.45, 2.75) is 58.3 Å². The van der Waals surface area contributed by atoms with Crippen molar-refractivity contribution in [2.75, 3.05) is 6.61 Å². The summed E-state index contributed by atoms with van der Waals surface area (Å²) >= 11 is 0. The zero-order valence-electron chi connectivity index (χ0n) is 18.3. The van der Waals surface area contributed by atoms with Crippen molar-refractivity contribution in [3.63, 3.8) is 0 Å². The number of carbonyl (C=O) groups excluding carboxylic acids is 1. The summed E-state index contributed by atoms with van der Waals surface area (Å²) < 4.78 is 5.01. The monoisotopic (exact) mass is 388 g/mol. The molecule has 1 aliphatic rings. The standard InChI is InChI=1S/C27H32O2/c1-7-29-25(28)15-13-20-10-8-9-11-22(20)19(2)21-12-14-23-24(18-21)27(5,6)17-16-26(23,3)4/h8-15,18H,2,7,16-17H2,1,3-6H3. The van der Waals surface area contributed by atoms with Crippen LogP contribution in [0.25, 0.3) is 11.6 Å². The normalized spacial score (nSPS) is 17.0. The molecule has 0 saturated heterocycles. The van der Waals surface area contributed by atoms with E-state index in [0.717, 1.165) is 22.3 Å². The predicted octanol–water partition coefficient (Wildman–Crippen LogP) is 6.67. The average Bonchev–Trinajstić information content (AvgIpc) is 2.69. The second-order valence-electron chi connectivity index (χ2n) is 9.18. The number of hydrogen-bond donors (Lipinski definition) is 0. The SMILES string of the molecule is C=C(c1ccc2c(c1)C(C)(C)CCC2(C)C)c1ccccc1C=CC(=O)OCC. The van der Waals surface area contributed by atoms with Gasteiger partial charge in [0.05, 0.1) is 6.61 Å². The molecule has 29 heavy (non-hydrogen) atoms. The molecule has 2 aromatic rings. The van der Waals surface area contributed by atoms with Crippen molar-refractivity contribution in [3.05, 3.63) is 82.9 Å². The fraction of sp³-hybridized carbons (Fsp3) is 0.370. The first-order valence-corrected chi connectivity index (χ1v) is 10.4. The van der Waals surface area contributed by atoms with Gasteiger partial charge in [0.15, 0.2) is 0 Å². The second kappa shape index (κ2) is 8.02. The Balaban J connectivity index is 2.00. The maximum absolute atomic E-state index is 11.7. The van der Waals surface area contributed by atoms with Gasteiger partial charge in [0.2, 0.25) is 0 Å². The molecular formula is C27H32O2. The maximum atomic E-state index is 11.7. The zero-order chi connectivity index (χ0) is 21.2. The molecule has 2 heteroatoms. The van der Waals surface area contributed by atoms with E-state index in [1.54, 1.807) is 6.92 Å². The van der Waals surface area contributed by atoms with E-state index in [-0.39, 0.29) is 16.8 Å². The Morgan fingerprint density at radius 3 is 2.38 bits per heavy atom.